The van der Waals surface area contributed by atoms with E-state index in [1.54, 1.807) is 32.9 Å². The second-order valence-electron chi connectivity index (χ2n) is 7.06. The Bertz CT molecular complexity index is 898. The average Bonchev–Trinajstić information content (AvgIpc) is 2.77. The van der Waals surface area contributed by atoms with Gasteiger partial charge in [0.1, 0.15) is 5.54 Å². The van der Waals surface area contributed by atoms with Crippen molar-refractivity contribution in [2.45, 2.75) is 38.8 Å². The Labute approximate surface area is 163 Å². The fourth-order valence-corrected chi connectivity index (χ4v) is 3.96. The topological polar surface area (TPSA) is 116 Å². The van der Waals surface area contributed by atoms with E-state index in [4.69, 9.17) is 0 Å². The molecule has 8 nitrogen and oxygen atoms in total. The van der Waals surface area contributed by atoms with E-state index in [0.717, 1.165) is 6.07 Å². The van der Waals surface area contributed by atoms with Gasteiger partial charge in [0.05, 0.1) is 5.75 Å². The molecule has 0 radical (unpaired) electrons. The molecule has 0 aliphatic carbocycles. The molecule has 1 aliphatic heterocycles. The third-order valence-corrected chi connectivity index (χ3v) is 6.02. The van der Waals surface area contributed by atoms with Crippen LogP contribution in [-0.4, -0.2) is 48.2 Å². The van der Waals surface area contributed by atoms with Crippen LogP contribution in [0.4, 0.5) is 9.18 Å². The Morgan fingerprint density at radius 2 is 2.00 bits per heavy atom. The van der Waals surface area contributed by atoms with E-state index in [9.17, 15) is 27.5 Å². The molecule has 28 heavy (non-hydrogen) atoms. The van der Waals surface area contributed by atoms with Crippen molar-refractivity contribution >= 4 is 22.0 Å². The van der Waals surface area contributed by atoms with Crippen LogP contribution >= 0.6 is 0 Å². The number of allylic oxidation sites excluding steroid dienone is 1. The predicted octanol–water partition coefficient (Wildman–Crippen LogP) is 1.79. The van der Waals surface area contributed by atoms with Gasteiger partial charge in [-0.2, -0.15) is 0 Å². The van der Waals surface area contributed by atoms with Gasteiger partial charge in [0.15, 0.2) is 11.6 Å². The normalized spacial score (nSPS) is 17.9. The van der Waals surface area contributed by atoms with Gasteiger partial charge in [-0.3, -0.25) is 10.1 Å². The summed E-state index contributed by atoms with van der Waals surface area (Å²) in [5, 5.41) is 11.6. The summed E-state index contributed by atoms with van der Waals surface area (Å²) in [6.45, 7) is 5.03. The van der Waals surface area contributed by atoms with Crippen molar-refractivity contribution in [3.8, 4) is 5.75 Å². The van der Waals surface area contributed by atoms with Crippen LogP contribution in [0.25, 0.3) is 0 Å². The molecule has 0 bridgehead atoms. The second kappa shape index (κ2) is 8.27. The number of phenols is 1. The number of imide groups is 1. The van der Waals surface area contributed by atoms with Gasteiger partial charge in [-0.05, 0) is 44.9 Å². The maximum atomic E-state index is 13.1. The lowest BCUT2D eigenvalue weighted by Gasteiger charge is -2.26. The Morgan fingerprint density at radius 1 is 1.32 bits per heavy atom. The van der Waals surface area contributed by atoms with Crippen LogP contribution in [0.5, 0.6) is 5.75 Å². The minimum atomic E-state index is -3.62. The maximum absolute atomic E-state index is 13.1. The first-order valence-electron chi connectivity index (χ1n) is 8.70. The molecule has 0 unspecified atom stereocenters. The van der Waals surface area contributed by atoms with Crippen LogP contribution in [0.2, 0.25) is 0 Å². The molecular formula is C18H24FN3O5S. The zero-order valence-corrected chi connectivity index (χ0v) is 16.7. The van der Waals surface area contributed by atoms with Gasteiger partial charge in [-0.15, -0.1) is 0 Å². The van der Waals surface area contributed by atoms with Crippen molar-refractivity contribution in [1.29, 1.82) is 0 Å². The summed E-state index contributed by atoms with van der Waals surface area (Å²) in [6, 6.07) is 2.52. The lowest BCUT2D eigenvalue weighted by molar-refractivity contribution is -0.124. The molecule has 1 aliphatic rings. The summed E-state index contributed by atoms with van der Waals surface area (Å²) in [6.07, 6.45) is 3.47. The fraction of sp³-hybridized carbons (Fsp3) is 0.444. The Kier molecular flexibility index (Phi) is 6.45. The van der Waals surface area contributed by atoms with Crippen LogP contribution < -0.4 is 10.0 Å². The lowest BCUT2D eigenvalue weighted by Crippen LogP contribution is -2.44. The lowest BCUT2D eigenvalue weighted by atomic mass is 10.0. The van der Waals surface area contributed by atoms with E-state index < -0.39 is 39.2 Å². The number of nitrogens with one attached hydrogen (secondary N) is 2. The molecule has 0 saturated carbocycles. The highest BCUT2D eigenvalue weighted by Crippen LogP contribution is 2.22. The first-order valence-corrected chi connectivity index (χ1v) is 10.4. The summed E-state index contributed by atoms with van der Waals surface area (Å²) in [7, 11) is -3.62. The first kappa shape index (κ1) is 21.8. The highest BCUT2D eigenvalue weighted by Gasteiger charge is 2.44. The molecule has 1 aromatic carbocycles. The SMILES string of the molecule is C[C@@H](NS(=O)(=O)CC/C=C/CN1C(=O)NC(=O)C1(C)C)c1ccc(F)c(O)c1. The van der Waals surface area contributed by atoms with Crippen LogP contribution in [0.3, 0.4) is 0 Å². The van der Waals surface area contributed by atoms with Crippen LogP contribution in [0.15, 0.2) is 30.4 Å². The van der Waals surface area contributed by atoms with Crippen molar-refractivity contribution in [2.75, 3.05) is 12.3 Å². The average molecular weight is 413 g/mol. The summed E-state index contributed by atoms with van der Waals surface area (Å²) in [5.74, 6) is -1.88. The van der Waals surface area contributed by atoms with Gasteiger partial charge in [0.25, 0.3) is 5.91 Å². The molecule has 3 amide bonds. The van der Waals surface area contributed by atoms with Crippen molar-refractivity contribution in [1.82, 2.24) is 14.9 Å². The van der Waals surface area contributed by atoms with Gasteiger partial charge in [-0.25, -0.2) is 22.3 Å². The van der Waals surface area contributed by atoms with Gasteiger partial charge >= 0.3 is 6.03 Å². The molecule has 1 aromatic rings. The zero-order valence-electron chi connectivity index (χ0n) is 15.9. The summed E-state index contributed by atoms with van der Waals surface area (Å²) >= 11 is 0. The predicted molar refractivity (Wildman–Crippen MR) is 101 cm³/mol. The molecule has 1 heterocycles. The number of phenolic OH excluding ortho intramolecular Hbond substituents is 1. The molecule has 0 aromatic heterocycles. The van der Waals surface area contributed by atoms with Gasteiger partial charge in [-0.1, -0.05) is 18.2 Å². The number of urea groups is 1. The number of carbonyl (C=O) groups excluding carboxylic acids is 2. The van der Waals surface area contributed by atoms with E-state index in [0.29, 0.717) is 5.56 Å². The number of halogens is 1. The molecule has 10 heteroatoms. The monoisotopic (exact) mass is 413 g/mol. The smallest absolute Gasteiger partial charge is 0.325 e. The zero-order chi connectivity index (χ0) is 21.1. The van der Waals surface area contributed by atoms with E-state index in [1.807, 2.05) is 0 Å². The quantitative estimate of drug-likeness (QED) is 0.444. The molecule has 0 spiro atoms. The number of hydrogen-bond donors (Lipinski definition) is 3. The summed E-state index contributed by atoms with van der Waals surface area (Å²) in [5.41, 5.74) is -0.518. The van der Waals surface area contributed by atoms with Gasteiger partial charge < -0.3 is 10.0 Å². The molecule has 1 fully saturated rings. The second-order valence-corrected chi connectivity index (χ2v) is 8.93. The summed E-state index contributed by atoms with van der Waals surface area (Å²) < 4.78 is 39.9. The Morgan fingerprint density at radius 3 is 2.57 bits per heavy atom. The van der Waals surface area contributed by atoms with E-state index in [2.05, 4.69) is 10.0 Å². The van der Waals surface area contributed by atoms with Crippen molar-refractivity contribution in [2.24, 2.45) is 0 Å². The number of amides is 3. The number of benzene rings is 1. The largest absolute Gasteiger partial charge is 0.505 e. The number of carbonyl (C=O) groups is 2. The van der Waals surface area contributed by atoms with E-state index >= 15 is 0 Å². The molecule has 1 atom stereocenters. The number of rotatable bonds is 8. The van der Waals surface area contributed by atoms with Crippen LogP contribution in [0.1, 0.15) is 38.8 Å². The molecule has 1 saturated heterocycles. The standard InChI is InChI=1S/C18H24FN3O5S/c1-12(13-7-8-14(19)15(23)11-13)21-28(26,27)10-6-4-5-9-22-17(25)20-16(24)18(22,2)3/h4-5,7-8,11-12,21,23H,6,9-10H2,1-3H3,(H,20,24,25)/b5-4+/t12-/m1/s1. The minimum Gasteiger partial charge on any atom is -0.505 e. The van der Waals surface area contributed by atoms with Crippen LogP contribution in [0, 0.1) is 5.82 Å². The van der Waals surface area contributed by atoms with Crippen molar-refractivity contribution in [3.63, 3.8) is 0 Å². The van der Waals surface area contributed by atoms with Crippen LogP contribution in [-0.2, 0) is 14.8 Å². The number of hydrogen-bond acceptors (Lipinski definition) is 5. The third kappa shape index (κ3) is 5.08. The van der Waals surface area contributed by atoms with Gasteiger partial charge in [0.2, 0.25) is 10.0 Å². The summed E-state index contributed by atoms with van der Waals surface area (Å²) in [4.78, 5) is 24.8. The van der Waals surface area contributed by atoms with Gasteiger partial charge in [0, 0.05) is 12.6 Å². The highest BCUT2D eigenvalue weighted by molar-refractivity contribution is 7.89. The minimum absolute atomic E-state index is 0.184. The van der Waals surface area contributed by atoms with E-state index in [1.165, 1.54) is 17.0 Å². The van der Waals surface area contributed by atoms with Crippen molar-refractivity contribution in [3.05, 3.63) is 41.7 Å². The highest BCUT2D eigenvalue weighted by atomic mass is 32.2. The number of nitrogens with zero attached hydrogens (tertiary/aromatic N) is 1. The molecule has 2 rings (SSSR count). The molecular weight excluding hydrogens is 389 g/mol. The molecule has 3 N–H and O–H groups in total. The van der Waals surface area contributed by atoms with Crippen molar-refractivity contribution < 1.29 is 27.5 Å². The first-order chi connectivity index (χ1) is 12.9. The molecule has 154 valence electrons. The maximum Gasteiger partial charge on any atom is 0.325 e. The Balaban J connectivity index is 1.86. The number of sulfonamides is 1. The Hall–Kier alpha value is -2.46. The third-order valence-electron chi connectivity index (χ3n) is 4.53. The fourth-order valence-electron chi connectivity index (χ4n) is 2.72. The number of aromatic hydroxyl groups is 1. The van der Waals surface area contributed by atoms with E-state index in [-0.39, 0.29) is 24.6 Å².